The Morgan fingerprint density at radius 1 is 1.19 bits per heavy atom. The molecule has 2 rings (SSSR count). The summed E-state index contributed by atoms with van der Waals surface area (Å²) >= 11 is 0. The zero-order chi connectivity index (χ0) is 19.5. The molecular formula is C17H22N2O6S. The first-order valence-electron chi connectivity index (χ1n) is 7.74. The van der Waals surface area contributed by atoms with Crippen molar-refractivity contribution in [2.24, 2.45) is 7.05 Å². The summed E-state index contributed by atoms with van der Waals surface area (Å²) in [4.78, 5) is 12.7. The van der Waals surface area contributed by atoms with Gasteiger partial charge in [0, 0.05) is 39.2 Å². The van der Waals surface area contributed by atoms with Crippen molar-refractivity contribution in [2.75, 3.05) is 20.5 Å². The lowest BCUT2D eigenvalue weighted by Gasteiger charge is -2.14. The fourth-order valence-corrected chi connectivity index (χ4v) is 3.57. The van der Waals surface area contributed by atoms with E-state index in [1.165, 1.54) is 23.9 Å². The second kappa shape index (κ2) is 7.98. The van der Waals surface area contributed by atoms with Crippen LogP contribution in [0, 0.1) is 6.92 Å². The van der Waals surface area contributed by atoms with Crippen LogP contribution in [0.4, 0.5) is 0 Å². The molecule has 0 N–H and O–H groups in total. The van der Waals surface area contributed by atoms with Gasteiger partial charge in [0.15, 0.2) is 9.84 Å². The number of sulfone groups is 1. The predicted molar refractivity (Wildman–Crippen MR) is 93.9 cm³/mol. The van der Waals surface area contributed by atoms with E-state index < -0.39 is 15.8 Å². The molecular weight excluding hydrogens is 360 g/mol. The number of rotatable bonds is 7. The molecule has 142 valence electrons. The number of methoxy groups -OCH3 is 2. The first-order valence-corrected chi connectivity index (χ1v) is 9.63. The van der Waals surface area contributed by atoms with E-state index in [0.29, 0.717) is 23.4 Å². The number of nitrogens with zero attached hydrogens (tertiary/aromatic N) is 2. The highest BCUT2D eigenvalue weighted by atomic mass is 32.2. The van der Waals surface area contributed by atoms with Crippen LogP contribution < -0.4 is 4.74 Å². The van der Waals surface area contributed by atoms with Gasteiger partial charge in [0.25, 0.3) is 0 Å². The van der Waals surface area contributed by atoms with E-state index in [1.54, 1.807) is 27.1 Å². The summed E-state index contributed by atoms with van der Waals surface area (Å²) in [6.45, 7) is 2.03. The lowest BCUT2D eigenvalue weighted by atomic mass is 10.0. The Morgan fingerprint density at radius 2 is 1.85 bits per heavy atom. The minimum atomic E-state index is -3.45. The van der Waals surface area contributed by atoms with Gasteiger partial charge in [-0.1, -0.05) is 0 Å². The van der Waals surface area contributed by atoms with Crippen LogP contribution in [0.3, 0.4) is 0 Å². The topological polar surface area (TPSA) is 96.7 Å². The third-order valence-corrected chi connectivity index (χ3v) is 5.02. The molecule has 9 heteroatoms. The number of hydrogen-bond donors (Lipinski definition) is 0. The fourth-order valence-electron chi connectivity index (χ4n) is 2.59. The van der Waals surface area contributed by atoms with Crippen molar-refractivity contribution in [3.8, 4) is 5.88 Å². The Kier molecular flexibility index (Phi) is 6.17. The molecule has 0 aliphatic rings. The van der Waals surface area contributed by atoms with Gasteiger partial charge in [-0.2, -0.15) is 5.10 Å². The predicted octanol–water partition coefficient (Wildman–Crippen LogP) is 1.64. The summed E-state index contributed by atoms with van der Waals surface area (Å²) in [5.41, 5.74) is 1.83. The highest BCUT2D eigenvalue weighted by Crippen LogP contribution is 2.25. The molecule has 0 radical (unpaired) electrons. The largest absolute Gasteiger partial charge is 0.404 e. The van der Waals surface area contributed by atoms with Crippen LogP contribution in [-0.4, -0.2) is 44.6 Å². The van der Waals surface area contributed by atoms with E-state index in [2.05, 4.69) is 5.10 Å². The number of benzene rings is 1. The molecule has 1 aromatic heterocycles. The second-order valence-corrected chi connectivity index (χ2v) is 7.82. The zero-order valence-corrected chi connectivity index (χ0v) is 16.2. The molecule has 8 nitrogen and oxygen atoms in total. The van der Waals surface area contributed by atoms with Gasteiger partial charge in [-0.25, -0.2) is 17.9 Å². The highest BCUT2D eigenvalue weighted by molar-refractivity contribution is 7.90. The van der Waals surface area contributed by atoms with Crippen molar-refractivity contribution >= 4 is 15.8 Å². The van der Waals surface area contributed by atoms with E-state index in [4.69, 9.17) is 14.2 Å². The summed E-state index contributed by atoms with van der Waals surface area (Å²) in [6, 6.07) is 4.45. The molecule has 0 unspecified atom stereocenters. The molecule has 0 atom stereocenters. The number of hydrogen-bond acceptors (Lipinski definition) is 7. The monoisotopic (exact) mass is 382 g/mol. The highest BCUT2D eigenvalue weighted by Gasteiger charge is 2.22. The molecule has 0 fully saturated rings. The molecule has 26 heavy (non-hydrogen) atoms. The third-order valence-electron chi connectivity index (χ3n) is 3.84. The smallest absolute Gasteiger partial charge is 0.345 e. The fraction of sp³-hybridized carbons (Fsp3) is 0.412. The number of aromatic nitrogens is 2. The summed E-state index contributed by atoms with van der Waals surface area (Å²) < 4.78 is 40.9. The number of aryl methyl sites for hydroxylation is 1. The molecule has 1 aromatic carbocycles. The van der Waals surface area contributed by atoms with Crippen LogP contribution >= 0.6 is 0 Å². The quantitative estimate of drug-likeness (QED) is 0.672. The van der Waals surface area contributed by atoms with Gasteiger partial charge in [0.1, 0.15) is 0 Å². The maximum absolute atomic E-state index is 12.6. The van der Waals surface area contributed by atoms with Gasteiger partial charge in [-0.15, -0.1) is 0 Å². The van der Waals surface area contributed by atoms with E-state index in [9.17, 15) is 13.2 Å². The van der Waals surface area contributed by atoms with Crippen molar-refractivity contribution in [1.29, 1.82) is 0 Å². The van der Waals surface area contributed by atoms with E-state index >= 15 is 0 Å². The summed E-state index contributed by atoms with van der Waals surface area (Å²) in [6.07, 6.45) is 1.12. The number of carbonyl (C=O) groups excluding carboxylic acids is 1. The Labute approximate surface area is 152 Å². The molecule has 0 saturated heterocycles. The zero-order valence-electron chi connectivity index (χ0n) is 15.4. The van der Waals surface area contributed by atoms with Crippen LogP contribution in [0.2, 0.25) is 0 Å². The van der Waals surface area contributed by atoms with Crippen LogP contribution in [-0.2, 0) is 39.6 Å². The van der Waals surface area contributed by atoms with Gasteiger partial charge < -0.3 is 14.2 Å². The Hall–Kier alpha value is -2.23. The summed E-state index contributed by atoms with van der Waals surface area (Å²) in [5, 5.41) is 4.18. The SMILES string of the molecule is COCc1cc(OC(=O)c2ccc(S(C)(=O)=O)c(COC)c2C)n(C)n1. The van der Waals surface area contributed by atoms with Gasteiger partial charge in [-0.05, 0) is 24.6 Å². The van der Waals surface area contributed by atoms with Crippen molar-refractivity contribution in [1.82, 2.24) is 9.78 Å². The van der Waals surface area contributed by atoms with Gasteiger partial charge >= 0.3 is 5.97 Å². The van der Waals surface area contributed by atoms with E-state index in [-0.39, 0.29) is 22.9 Å². The lowest BCUT2D eigenvalue weighted by molar-refractivity contribution is 0.0718. The first-order chi connectivity index (χ1) is 12.2. The molecule has 0 spiro atoms. The third kappa shape index (κ3) is 4.29. The first kappa shape index (κ1) is 20.1. The molecule has 0 amide bonds. The maximum atomic E-state index is 12.6. The number of carbonyl (C=O) groups is 1. The maximum Gasteiger partial charge on any atom is 0.345 e. The number of esters is 1. The van der Waals surface area contributed by atoms with Crippen molar-refractivity contribution in [3.05, 3.63) is 40.6 Å². The van der Waals surface area contributed by atoms with Crippen molar-refractivity contribution < 1.29 is 27.4 Å². The molecule has 0 bridgehead atoms. The summed E-state index contributed by atoms with van der Waals surface area (Å²) in [5.74, 6) is -0.339. The lowest BCUT2D eigenvalue weighted by Crippen LogP contribution is -2.15. The van der Waals surface area contributed by atoms with E-state index in [0.717, 1.165) is 6.26 Å². The van der Waals surface area contributed by atoms with Gasteiger partial charge in [0.2, 0.25) is 5.88 Å². The van der Waals surface area contributed by atoms with Crippen LogP contribution in [0.25, 0.3) is 0 Å². The molecule has 0 saturated carbocycles. The minimum Gasteiger partial charge on any atom is -0.404 e. The Balaban J connectivity index is 2.39. The van der Waals surface area contributed by atoms with Crippen molar-refractivity contribution in [3.63, 3.8) is 0 Å². The average molecular weight is 382 g/mol. The average Bonchev–Trinajstić information content (AvgIpc) is 2.88. The Bertz CT molecular complexity index is 918. The molecule has 0 aliphatic carbocycles. The summed E-state index contributed by atoms with van der Waals surface area (Å²) in [7, 11) is 1.21. The van der Waals surface area contributed by atoms with Gasteiger partial charge in [0.05, 0.1) is 29.4 Å². The molecule has 1 heterocycles. The normalized spacial score (nSPS) is 11.6. The molecule has 2 aromatic rings. The van der Waals surface area contributed by atoms with Gasteiger partial charge in [-0.3, -0.25) is 0 Å². The number of ether oxygens (including phenoxy) is 3. The van der Waals surface area contributed by atoms with Crippen LogP contribution in [0.15, 0.2) is 23.1 Å². The second-order valence-electron chi connectivity index (χ2n) is 5.84. The van der Waals surface area contributed by atoms with E-state index in [1.807, 2.05) is 0 Å². The Morgan fingerprint density at radius 3 is 2.42 bits per heavy atom. The van der Waals surface area contributed by atoms with Crippen LogP contribution in [0.5, 0.6) is 5.88 Å². The standard InChI is InChI=1S/C17H22N2O6S/c1-11-13(6-7-15(26(5,21)22)14(11)10-24-4)17(20)25-16-8-12(9-23-3)18-19(16)2/h6-8H,9-10H2,1-5H3. The molecule has 0 aliphatic heterocycles. The minimum absolute atomic E-state index is 0.0685. The van der Waals surface area contributed by atoms with Crippen molar-refractivity contribution in [2.45, 2.75) is 25.0 Å². The van der Waals surface area contributed by atoms with Crippen LogP contribution in [0.1, 0.15) is 27.2 Å².